The second-order valence-electron chi connectivity index (χ2n) is 4.81. The van der Waals surface area contributed by atoms with Gasteiger partial charge in [-0.3, -0.25) is 11.3 Å². The van der Waals surface area contributed by atoms with Crippen molar-refractivity contribution >= 4 is 0 Å². The van der Waals surface area contributed by atoms with Gasteiger partial charge < -0.3 is 9.47 Å². The Kier molecular flexibility index (Phi) is 3.85. The van der Waals surface area contributed by atoms with Crippen LogP contribution in [0.5, 0.6) is 11.5 Å². The van der Waals surface area contributed by atoms with Crippen LogP contribution in [0.15, 0.2) is 48.5 Å². The van der Waals surface area contributed by atoms with Crippen LogP contribution < -0.4 is 20.7 Å². The molecule has 3 N–H and O–H groups in total. The minimum atomic E-state index is 0.0493. The van der Waals surface area contributed by atoms with Crippen LogP contribution in [-0.2, 0) is 6.42 Å². The molecule has 4 heteroatoms. The summed E-state index contributed by atoms with van der Waals surface area (Å²) in [5.41, 5.74) is 5.22. The van der Waals surface area contributed by atoms with Gasteiger partial charge in [0.05, 0.1) is 6.04 Å². The SMILES string of the molecule is NNC(Cc1ccccc1)c1ccc2c(c1)OCCO2. The molecule has 1 heterocycles. The van der Waals surface area contributed by atoms with Crippen LogP contribution in [0, 0.1) is 0 Å². The Morgan fingerprint density at radius 1 is 1.00 bits per heavy atom. The first-order valence-corrected chi connectivity index (χ1v) is 6.76. The van der Waals surface area contributed by atoms with Gasteiger partial charge in [0.25, 0.3) is 0 Å². The average Bonchev–Trinajstić information content (AvgIpc) is 2.53. The summed E-state index contributed by atoms with van der Waals surface area (Å²) in [4.78, 5) is 0. The highest BCUT2D eigenvalue weighted by Gasteiger charge is 2.16. The van der Waals surface area contributed by atoms with Gasteiger partial charge in [0.1, 0.15) is 13.2 Å². The first-order chi connectivity index (χ1) is 9.86. The number of hydrazine groups is 1. The summed E-state index contributed by atoms with van der Waals surface area (Å²) >= 11 is 0. The minimum absolute atomic E-state index is 0.0493. The van der Waals surface area contributed by atoms with Crippen LogP contribution in [0.25, 0.3) is 0 Å². The van der Waals surface area contributed by atoms with E-state index in [9.17, 15) is 0 Å². The molecule has 0 spiro atoms. The molecule has 20 heavy (non-hydrogen) atoms. The molecule has 0 radical (unpaired) electrons. The van der Waals surface area contributed by atoms with Crippen molar-refractivity contribution in [3.8, 4) is 11.5 Å². The van der Waals surface area contributed by atoms with Crippen LogP contribution in [0.1, 0.15) is 17.2 Å². The highest BCUT2D eigenvalue weighted by molar-refractivity contribution is 5.45. The summed E-state index contributed by atoms with van der Waals surface area (Å²) in [5.74, 6) is 7.30. The molecule has 1 unspecified atom stereocenters. The van der Waals surface area contributed by atoms with Gasteiger partial charge >= 0.3 is 0 Å². The van der Waals surface area contributed by atoms with Crippen molar-refractivity contribution in [1.29, 1.82) is 0 Å². The van der Waals surface area contributed by atoms with Gasteiger partial charge in [-0.05, 0) is 29.7 Å². The summed E-state index contributed by atoms with van der Waals surface area (Å²) in [7, 11) is 0. The highest BCUT2D eigenvalue weighted by atomic mass is 16.6. The molecule has 4 nitrogen and oxygen atoms in total. The lowest BCUT2D eigenvalue weighted by Crippen LogP contribution is -2.29. The lowest BCUT2D eigenvalue weighted by Gasteiger charge is -2.22. The molecule has 0 saturated heterocycles. The van der Waals surface area contributed by atoms with Crippen LogP contribution >= 0.6 is 0 Å². The van der Waals surface area contributed by atoms with Crippen molar-refractivity contribution in [2.45, 2.75) is 12.5 Å². The molecule has 0 amide bonds. The molecule has 0 bridgehead atoms. The second-order valence-corrected chi connectivity index (χ2v) is 4.81. The summed E-state index contributed by atoms with van der Waals surface area (Å²) in [6.45, 7) is 1.20. The Bertz CT molecular complexity index is 572. The number of rotatable bonds is 4. The molecule has 0 aromatic heterocycles. The molecule has 1 aliphatic rings. The predicted octanol–water partition coefficient (Wildman–Crippen LogP) is 2.20. The van der Waals surface area contributed by atoms with Gasteiger partial charge in [0.15, 0.2) is 11.5 Å². The summed E-state index contributed by atoms with van der Waals surface area (Å²) in [6, 6.07) is 16.3. The molecular formula is C16H18N2O2. The number of ether oxygens (including phenoxy) is 2. The van der Waals surface area contributed by atoms with E-state index in [-0.39, 0.29) is 6.04 Å². The van der Waals surface area contributed by atoms with Gasteiger partial charge in [0.2, 0.25) is 0 Å². The van der Waals surface area contributed by atoms with Crippen molar-refractivity contribution in [3.05, 3.63) is 59.7 Å². The number of fused-ring (bicyclic) bond motifs is 1. The fourth-order valence-electron chi connectivity index (χ4n) is 2.40. The van der Waals surface area contributed by atoms with Crippen molar-refractivity contribution in [3.63, 3.8) is 0 Å². The lowest BCUT2D eigenvalue weighted by atomic mass is 9.99. The van der Waals surface area contributed by atoms with Crippen molar-refractivity contribution in [2.75, 3.05) is 13.2 Å². The standard InChI is InChI=1S/C16H18N2O2/c17-18-14(10-12-4-2-1-3-5-12)13-6-7-15-16(11-13)20-9-8-19-15/h1-7,11,14,18H,8-10,17H2. The number of nitrogens with one attached hydrogen (secondary N) is 1. The average molecular weight is 270 g/mol. The van der Waals surface area contributed by atoms with Gasteiger partial charge in [0, 0.05) is 0 Å². The second kappa shape index (κ2) is 5.94. The van der Waals surface area contributed by atoms with E-state index in [0.29, 0.717) is 13.2 Å². The predicted molar refractivity (Wildman–Crippen MR) is 77.6 cm³/mol. The topological polar surface area (TPSA) is 56.5 Å². The molecule has 0 saturated carbocycles. The van der Waals surface area contributed by atoms with E-state index in [4.69, 9.17) is 15.3 Å². The maximum absolute atomic E-state index is 5.71. The zero-order valence-electron chi connectivity index (χ0n) is 11.2. The Balaban J connectivity index is 1.82. The number of nitrogens with two attached hydrogens (primary N) is 1. The fraction of sp³-hybridized carbons (Fsp3) is 0.250. The quantitative estimate of drug-likeness (QED) is 0.660. The zero-order valence-corrected chi connectivity index (χ0v) is 11.2. The van der Waals surface area contributed by atoms with E-state index < -0.39 is 0 Å². The normalized spacial score (nSPS) is 14.8. The van der Waals surface area contributed by atoms with E-state index in [0.717, 1.165) is 23.5 Å². The van der Waals surface area contributed by atoms with E-state index in [1.54, 1.807) is 0 Å². The van der Waals surface area contributed by atoms with Crippen molar-refractivity contribution in [2.24, 2.45) is 5.84 Å². The lowest BCUT2D eigenvalue weighted by molar-refractivity contribution is 0.171. The van der Waals surface area contributed by atoms with Crippen LogP contribution in [0.3, 0.4) is 0 Å². The molecule has 0 fully saturated rings. The maximum Gasteiger partial charge on any atom is 0.161 e. The first kappa shape index (κ1) is 13.0. The van der Waals surface area contributed by atoms with Gasteiger partial charge in [-0.25, -0.2) is 0 Å². The van der Waals surface area contributed by atoms with Crippen molar-refractivity contribution in [1.82, 2.24) is 5.43 Å². The fourth-order valence-corrected chi connectivity index (χ4v) is 2.40. The number of hydrogen-bond donors (Lipinski definition) is 2. The van der Waals surface area contributed by atoms with Crippen LogP contribution in [0.4, 0.5) is 0 Å². The third-order valence-electron chi connectivity index (χ3n) is 3.45. The largest absolute Gasteiger partial charge is 0.486 e. The Morgan fingerprint density at radius 3 is 2.50 bits per heavy atom. The van der Waals surface area contributed by atoms with Gasteiger partial charge in [-0.1, -0.05) is 36.4 Å². The third-order valence-corrected chi connectivity index (χ3v) is 3.45. The molecule has 2 aromatic carbocycles. The smallest absolute Gasteiger partial charge is 0.161 e. The molecule has 0 aliphatic carbocycles. The zero-order chi connectivity index (χ0) is 13.8. The molecule has 2 aromatic rings. The molecule has 1 aliphatic heterocycles. The number of benzene rings is 2. The highest BCUT2D eigenvalue weighted by Crippen LogP contribution is 2.33. The Morgan fingerprint density at radius 2 is 1.75 bits per heavy atom. The van der Waals surface area contributed by atoms with Gasteiger partial charge in [-0.15, -0.1) is 0 Å². The first-order valence-electron chi connectivity index (χ1n) is 6.76. The Labute approximate surface area is 118 Å². The van der Waals surface area contributed by atoms with E-state index >= 15 is 0 Å². The molecule has 1 atom stereocenters. The summed E-state index contributed by atoms with van der Waals surface area (Å²) in [5, 5.41) is 0. The molecule has 3 rings (SSSR count). The number of hydrogen-bond acceptors (Lipinski definition) is 4. The van der Waals surface area contributed by atoms with E-state index in [1.807, 2.05) is 36.4 Å². The summed E-state index contributed by atoms with van der Waals surface area (Å²) in [6.07, 6.45) is 0.830. The summed E-state index contributed by atoms with van der Waals surface area (Å²) < 4.78 is 11.1. The van der Waals surface area contributed by atoms with E-state index in [1.165, 1.54) is 5.56 Å². The third kappa shape index (κ3) is 2.76. The minimum Gasteiger partial charge on any atom is -0.486 e. The van der Waals surface area contributed by atoms with Crippen LogP contribution in [-0.4, -0.2) is 13.2 Å². The van der Waals surface area contributed by atoms with Crippen molar-refractivity contribution < 1.29 is 9.47 Å². The van der Waals surface area contributed by atoms with E-state index in [2.05, 4.69) is 17.6 Å². The molecule has 104 valence electrons. The van der Waals surface area contributed by atoms with Crippen LogP contribution in [0.2, 0.25) is 0 Å². The van der Waals surface area contributed by atoms with Gasteiger partial charge in [-0.2, -0.15) is 0 Å². The monoisotopic (exact) mass is 270 g/mol. The maximum atomic E-state index is 5.71. The molecular weight excluding hydrogens is 252 g/mol. The Hall–Kier alpha value is -2.04.